The highest BCUT2D eigenvalue weighted by Gasteiger charge is 2.22. The van der Waals surface area contributed by atoms with Crippen molar-refractivity contribution in [2.45, 2.75) is 19.6 Å². The summed E-state index contributed by atoms with van der Waals surface area (Å²) in [6.07, 6.45) is -0.312. The topological polar surface area (TPSA) is 67.3 Å². The molecule has 1 N–H and O–H groups in total. The minimum Gasteiger partial charge on any atom is -0.374 e. The zero-order valence-electron chi connectivity index (χ0n) is 10.5. The van der Waals surface area contributed by atoms with Gasteiger partial charge in [-0.05, 0) is 6.54 Å². The summed E-state index contributed by atoms with van der Waals surface area (Å²) < 4.78 is 19.6. The molecule has 1 saturated heterocycles. The van der Waals surface area contributed by atoms with Crippen molar-refractivity contribution in [1.29, 1.82) is 0 Å². The second kappa shape index (κ2) is 5.85. The Labute approximate surface area is 113 Å². The second-order valence-electron chi connectivity index (χ2n) is 4.36. The molecule has 0 amide bonds. The zero-order valence-corrected chi connectivity index (χ0v) is 11.2. The van der Waals surface area contributed by atoms with Gasteiger partial charge in [0.15, 0.2) is 5.15 Å². The van der Waals surface area contributed by atoms with Gasteiger partial charge in [-0.15, -0.1) is 0 Å². The monoisotopic (exact) mass is 291 g/mol. The Balaban J connectivity index is 2.22. The Bertz CT molecular complexity index is 571. The van der Waals surface area contributed by atoms with E-state index in [1.807, 2.05) is 6.92 Å². The van der Waals surface area contributed by atoms with Crippen LogP contribution in [0.15, 0.2) is 9.59 Å². The standard InChI is InChI=1S/C11H15ClFN3O3/c1-2-15-3-4-19-7(5-15)6-16-10(17)8(13)9(12)14-11(16)18/h7H,2-6H2,1H3,(H,14,18). The number of ether oxygens (including phenoxy) is 1. The van der Waals surface area contributed by atoms with Crippen molar-refractivity contribution in [2.24, 2.45) is 0 Å². The first-order valence-corrected chi connectivity index (χ1v) is 6.42. The predicted octanol–water partition coefficient (Wildman–Crippen LogP) is 0.0498. The summed E-state index contributed by atoms with van der Waals surface area (Å²) in [5.74, 6) is -1.15. The van der Waals surface area contributed by atoms with Gasteiger partial charge in [0.2, 0.25) is 5.82 Å². The first-order valence-electron chi connectivity index (χ1n) is 6.05. The molecule has 0 bridgehead atoms. The molecular formula is C11H15ClFN3O3. The maximum atomic E-state index is 13.4. The highest BCUT2D eigenvalue weighted by atomic mass is 35.5. The third-order valence-corrected chi connectivity index (χ3v) is 3.40. The number of aromatic amines is 1. The van der Waals surface area contributed by atoms with Crippen molar-refractivity contribution >= 4 is 11.6 Å². The lowest BCUT2D eigenvalue weighted by Gasteiger charge is -2.32. The molecule has 1 aromatic heterocycles. The fourth-order valence-electron chi connectivity index (χ4n) is 2.07. The molecule has 0 spiro atoms. The lowest BCUT2D eigenvalue weighted by molar-refractivity contribution is -0.0353. The van der Waals surface area contributed by atoms with Crippen LogP contribution in [0.4, 0.5) is 4.39 Å². The number of H-pyrrole nitrogens is 1. The SMILES string of the molecule is CCN1CCOC(Cn2c(=O)[nH]c(Cl)c(F)c2=O)C1. The second-order valence-corrected chi connectivity index (χ2v) is 4.74. The Morgan fingerprint density at radius 1 is 1.53 bits per heavy atom. The third-order valence-electron chi connectivity index (χ3n) is 3.14. The highest BCUT2D eigenvalue weighted by Crippen LogP contribution is 2.07. The molecule has 1 aliphatic rings. The number of halogens is 2. The van der Waals surface area contributed by atoms with Crippen LogP contribution in [0.5, 0.6) is 0 Å². The van der Waals surface area contributed by atoms with Crippen molar-refractivity contribution in [3.05, 3.63) is 31.8 Å². The molecule has 2 rings (SSSR count). The summed E-state index contributed by atoms with van der Waals surface area (Å²) in [6.45, 7) is 4.84. The molecule has 106 valence electrons. The number of morpholine rings is 1. The summed E-state index contributed by atoms with van der Waals surface area (Å²) in [5.41, 5.74) is -1.75. The summed E-state index contributed by atoms with van der Waals surface area (Å²) in [6, 6.07) is 0. The normalized spacial score (nSPS) is 20.7. The van der Waals surface area contributed by atoms with Crippen LogP contribution in [0, 0.1) is 5.82 Å². The molecule has 1 aromatic rings. The van der Waals surface area contributed by atoms with Gasteiger partial charge in [0, 0.05) is 13.1 Å². The third kappa shape index (κ3) is 3.05. The molecule has 1 atom stereocenters. The number of hydrogen-bond donors (Lipinski definition) is 1. The van der Waals surface area contributed by atoms with E-state index in [4.69, 9.17) is 16.3 Å². The minimum absolute atomic E-state index is 0.0127. The Kier molecular flexibility index (Phi) is 4.38. The van der Waals surface area contributed by atoms with Crippen LogP contribution in [-0.4, -0.2) is 46.8 Å². The van der Waals surface area contributed by atoms with E-state index >= 15 is 0 Å². The van der Waals surface area contributed by atoms with Gasteiger partial charge in [-0.25, -0.2) is 4.79 Å². The Hall–Kier alpha value is -1.18. The number of aromatic nitrogens is 2. The number of nitrogens with one attached hydrogen (secondary N) is 1. The summed E-state index contributed by atoms with van der Waals surface area (Å²) in [5, 5.41) is -0.564. The molecule has 19 heavy (non-hydrogen) atoms. The van der Waals surface area contributed by atoms with Crippen molar-refractivity contribution in [1.82, 2.24) is 14.5 Å². The Morgan fingerprint density at radius 3 is 2.95 bits per heavy atom. The molecule has 1 unspecified atom stereocenters. The quantitative estimate of drug-likeness (QED) is 0.799. The summed E-state index contributed by atoms with van der Waals surface area (Å²) >= 11 is 5.40. The van der Waals surface area contributed by atoms with E-state index in [2.05, 4.69) is 9.88 Å². The average molecular weight is 292 g/mol. The lowest BCUT2D eigenvalue weighted by atomic mass is 10.2. The minimum atomic E-state index is -1.15. The van der Waals surface area contributed by atoms with Gasteiger partial charge < -0.3 is 4.74 Å². The number of rotatable bonds is 3. The van der Waals surface area contributed by atoms with Crippen molar-refractivity contribution < 1.29 is 9.13 Å². The van der Waals surface area contributed by atoms with Crippen molar-refractivity contribution in [3.8, 4) is 0 Å². The fourth-order valence-corrected chi connectivity index (χ4v) is 2.23. The molecule has 0 radical (unpaired) electrons. The number of nitrogens with zero attached hydrogens (tertiary/aromatic N) is 2. The van der Waals surface area contributed by atoms with Crippen molar-refractivity contribution in [2.75, 3.05) is 26.2 Å². The summed E-state index contributed by atoms with van der Waals surface area (Å²) in [7, 11) is 0. The molecule has 1 aliphatic heterocycles. The molecule has 0 aromatic carbocycles. The first kappa shape index (κ1) is 14.2. The van der Waals surface area contributed by atoms with Gasteiger partial charge in [-0.2, -0.15) is 4.39 Å². The van der Waals surface area contributed by atoms with Crippen LogP contribution in [0.1, 0.15) is 6.92 Å². The van der Waals surface area contributed by atoms with Crippen LogP contribution in [0.25, 0.3) is 0 Å². The number of likely N-dealkylation sites (N-methyl/N-ethyl adjacent to an activating group) is 1. The maximum absolute atomic E-state index is 13.4. The van der Waals surface area contributed by atoms with Gasteiger partial charge in [0.1, 0.15) is 0 Å². The lowest BCUT2D eigenvalue weighted by Crippen LogP contribution is -2.48. The predicted molar refractivity (Wildman–Crippen MR) is 68.1 cm³/mol. The van der Waals surface area contributed by atoms with Crippen molar-refractivity contribution in [3.63, 3.8) is 0 Å². The zero-order chi connectivity index (χ0) is 14.0. The van der Waals surface area contributed by atoms with Gasteiger partial charge in [0.05, 0.1) is 19.3 Å². The smallest absolute Gasteiger partial charge is 0.329 e. The van der Waals surface area contributed by atoms with Gasteiger partial charge >= 0.3 is 5.69 Å². The molecule has 1 fully saturated rings. The molecular weight excluding hydrogens is 277 g/mol. The van der Waals surface area contributed by atoms with Gasteiger partial charge in [-0.1, -0.05) is 18.5 Å². The van der Waals surface area contributed by atoms with Crippen LogP contribution in [-0.2, 0) is 11.3 Å². The van der Waals surface area contributed by atoms with Gasteiger partial charge in [-0.3, -0.25) is 19.2 Å². The van der Waals surface area contributed by atoms with Crippen LogP contribution < -0.4 is 11.2 Å². The van der Waals surface area contributed by atoms with Crippen LogP contribution in [0.2, 0.25) is 5.15 Å². The van der Waals surface area contributed by atoms with E-state index in [1.54, 1.807) is 0 Å². The van der Waals surface area contributed by atoms with E-state index in [-0.39, 0.29) is 12.6 Å². The molecule has 2 heterocycles. The van der Waals surface area contributed by atoms with E-state index in [9.17, 15) is 14.0 Å². The van der Waals surface area contributed by atoms with E-state index < -0.39 is 22.2 Å². The number of hydrogen-bond acceptors (Lipinski definition) is 4. The highest BCUT2D eigenvalue weighted by molar-refractivity contribution is 6.29. The van der Waals surface area contributed by atoms with E-state index in [1.165, 1.54) is 0 Å². The molecule has 8 heteroatoms. The molecule has 0 aliphatic carbocycles. The van der Waals surface area contributed by atoms with E-state index in [0.29, 0.717) is 13.2 Å². The average Bonchev–Trinajstić information content (AvgIpc) is 2.41. The van der Waals surface area contributed by atoms with Gasteiger partial charge in [0.25, 0.3) is 5.56 Å². The summed E-state index contributed by atoms with van der Waals surface area (Å²) in [4.78, 5) is 27.5. The van der Waals surface area contributed by atoms with Crippen LogP contribution >= 0.6 is 11.6 Å². The van der Waals surface area contributed by atoms with E-state index in [0.717, 1.165) is 17.7 Å². The molecule has 6 nitrogen and oxygen atoms in total. The first-order chi connectivity index (χ1) is 9.02. The maximum Gasteiger partial charge on any atom is 0.329 e. The Morgan fingerprint density at radius 2 is 2.26 bits per heavy atom. The molecule has 0 saturated carbocycles. The van der Waals surface area contributed by atoms with Crippen LogP contribution in [0.3, 0.4) is 0 Å². The fraction of sp³-hybridized carbons (Fsp3) is 0.636. The largest absolute Gasteiger partial charge is 0.374 e.